The summed E-state index contributed by atoms with van der Waals surface area (Å²) in [5.74, 6) is -0.128. The van der Waals surface area contributed by atoms with Crippen molar-refractivity contribution >= 4 is 29.2 Å². The van der Waals surface area contributed by atoms with E-state index in [-0.39, 0.29) is 5.91 Å². The Kier molecular flexibility index (Phi) is 5.62. The third-order valence-electron chi connectivity index (χ3n) is 5.37. The van der Waals surface area contributed by atoms with Crippen LogP contribution in [0.15, 0.2) is 77.9 Å². The van der Waals surface area contributed by atoms with Gasteiger partial charge < -0.3 is 15.1 Å². The fourth-order valence-corrected chi connectivity index (χ4v) is 3.53. The molecule has 1 unspecified atom stereocenters. The zero-order valence-electron chi connectivity index (χ0n) is 18.3. The van der Waals surface area contributed by atoms with Crippen LogP contribution in [0.25, 0.3) is 0 Å². The minimum Gasteiger partial charge on any atom is -0.378 e. The molecule has 1 atom stereocenters. The maximum atomic E-state index is 13.3. The van der Waals surface area contributed by atoms with E-state index < -0.39 is 6.17 Å². The molecule has 4 rings (SSSR count). The summed E-state index contributed by atoms with van der Waals surface area (Å²) in [7, 11) is 8.02. The minimum atomic E-state index is -0.393. The number of amides is 1. The number of benzene rings is 3. The standard InChI is InChI=1S/C25H27N5O/c1-28(2)20-13-9-18(10-14-20)17-26-30-24(19-11-15-21(16-12-19)29(3)4)27-23-8-6-5-7-22(23)25(30)31/h5-17,24,27H,1-4H3. The molecule has 31 heavy (non-hydrogen) atoms. The van der Waals surface area contributed by atoms with Crippen LogP contribution >= 0.6 is 0 Å². The van der Waals surface area contributed by atoms with Crippen molar-refractivity contribution in [3.63, 3.8) is 0 Å². The third kappa shape index (κ3) is 4.23. The highest BCUT2D eigenvalue weighted by molar-refractivity contribution is 6.02. The molecule has 6 nitrogen and oxygen atoms in total. The summed E-state index contributed by atoms with van der Waals surface area (Å²) >= 11 is 0. The molecule has 0 aliphatic carbocycles. The van der Waals surface area contributed by atoms with E-state index in [1.165, 1.54) is 5.01 Å². The van der Waals surface area contributed by atoms with Crippen LogP contribution < -0.4 is 15.1 Å². The Balaban J connectivity index is 1.68. The van der Waals surface area contributed by atoms with E-state index in [2.05, 4.69) is 10.4 Å². The van der Waals surface area contributed by atoms with E-state index >= 15 is 0 Å². The Labute approximate surface area is 183 Å². The van der Waals surface area contributed by atoms with E-state index in [1.54, 1.807) is 6.21 Å². The Bertz CT molecular complexity index is 1090. The lowest BCUT2D eigenvalue weighted by Gasteiger charge is -2.34. The molecule has 0 bridgehead atoms. The zero-order chi connectivity index (χ0) is 22.0. The van der Waals surface area contributed by atoms with Gasteiger partial charge in [-0.05, 0) is 47.5 Å². The van der Waals surface area contributed by atoms with E-state index in [9.17, 15) is 4.79 Å². The molecule has 0 radical (unpaired) electrons. The fraction of sp³-hybridized carbons (Fsp3) is 0.200. The molecule has 1 amide bonds. The molecule has 3 aromatic carbocycles. The normalized spacial score (nSPS) is 15.5. The van der Waals surface area contributed by atoms with Gasteiger partial charge in [-0.2, -0.15) is 5.10 Å². The second kappa shape index (κ2) is 8.52. The molecule has 0 saturated carbocycles. The van der Waals surface area contributed by atoms with E-state index in [0.717, 1.165) is 28.2 Å². The van der Waals surface area contributed by atoms with Gasteiger partial charge in [0.2, 0.25) is 0 Å². The summed E-state index contributed by atoms with van der Waals surface area (Å²) in [6, 6.07) is 23.8. The van der Waals surface area contributed by atoms with Crippen LogP contribution in [0.5, 0.6) is 0 Å². The number of para-hydroxylation sites is 1. The summed E-state index contributed by atoms with van der Waals surface area (Å²) in [6.07, 6.45) is 1.34. The van der Waals surface area contributed by atoms with E-state index in [4.69, 9.17) is 0 Å². The summed E-state index contributed by atoms with van der Waals surface area (Å²) in [5.41, 5.74) is 5.54. The molecule has 0 aromatic heterocycles. The number of rotatable bonds is 5. The number of carbonyl (C=O) groups is 1. The third-order valence-corrected chi connectivity index (χ3v) is 5.37. The molecule has 1 aliphatic rings. The van der Waals surface area contributed by atoms with Crippen molar-refractivity contribution in [3.8, 4) is 0 Å². The highest BCUT2D eigenvalue weighted by atomic mass is 16.2. The van der Waals surface area contributed by atoms with Crippen LogP contribution in [0, 0.1) is 0 Å². The monoisotopic (exact) mass is 413 g/mol. The predicted octanol–water partition coefficient (Wildman–Crippen LogP) is 4.42. The van der Waals surface area contributed by atoms with Gasteiger partial charge in [-0.25, -0.2) is 5.01 Å². The van der Waals surface area contributed by atoms with E-state index in [1.807, 2.05) is 111 Å². The predicted molar refractivity (Wildman–Crippen MR) is 128 cm³/mol. The van der Waals surface area contributed by atoms with Crippen molar-refractivity contribution in [2.24, 2.45) is 5.10 Å². The first-order valence-corrected chi connectivity index (χ1v) is 10.2. The number of anilines is 3. The molecule has 1 aliphatic heterocycles. The van der Waals surface area contributed by atoms with Gasteiger partial charge in [-0.1, -0.05) is 36.4 Å². The van der Waals surface area contributed by atoms with Crippen molar-refractivity contribution < 1.29 is 4.79 Å². The van der Waals surface area contributed by atoms with Gasteiger partial charge in [0.25, 0.3) is 5.91 Å². The first-order chi connectivity index (χ1) is 14.9. The van der Waals surface area contributed by atoms with E-state index in [0.29, 0.717) is 5.56 Å². The quantitative estimate of drug-likeness (QED) is 0.629. The molecule has 3 aromatic rings. The van der Waals surface area contributed by atoms with Gasteiger partial charge >= 0.3 is 0 Å². The van der Waals surface area contributed by atoms with Crippen LogP contribution in [0.1, 0.15) is 27.7 Å². The van der Waals surface area contributed by atoms with Gasteiger partial charge in [0.1, 0.15) is 0 Å². The Morgan fingerprint density at radius 2 is 1.42 bits per heavy atom. The Morgan fingerprint density at radius 1 is 0.839 bits per heavy atom. The first kappa shape index (κ1) is 20.5. The zero-order valence-corrected chi connectivity index (χ0v) is 18.3. The second-order valence-electron chi connectivity index (χ2n) is 7.96. The topological polar surface area (TPSA) is 51.2 Å². The lowest BCUT2D eigenvalue weighted by Crippen LogP contribution is -2.39. The maximum Gasteiger partial charge on any atom is 0.278 e. The van der Waals surface area contributed by atoms with Gasteiger partial charge in [-0.15, -0.1) is 0 Å². The SMILES string of the molecule is CN(C)c1ccc(C=NN2C(=O)c3ccccc3NC2c2ccc(N(C)C)cc2)cc1. The molecule has 1 heterocycles. The maximum absolute atomic E-state index is 13.3. The highest BCUT2D eigenvalue weighted by Crippen LogP contribution is 2.33. The minimum absolute atomic E-state index is 0.128. The number of hydrogen-bond donors (Lipinski definition) is 1. The summed E-state index contributed by atoms with van der Waals surface area (Å²) in [6.45, 7) is 0. The van der Waals surface area contributed by atoms with Crippen molar-refractivity contribution in [2.75, 3.05) is 43.3 Å². The van der Waals surface area contributed by atoms with Crippen molar-refractivity contribution in [1.29, 1.82) is 0 Å². The smallest absolute Gasteiger partial charge is 0.278 e. The molecule has 158 valence electrons. The van der Waals surface area contributed by atoms with Crippen LogP contribution in [0.2, 0.25) is 0 Å². The molecular weight excluding hydrogens is 386 g/mol. The van der Waals surface area contributed by atoms with Crippen LogP contribution in [0.3, 0.4) is 0 Å². The van der Waals surface area contributed by atoms with Crippen LogP contribution in [-0.2, 0) is 0 Å². The summed E-state index contributed by atoms with van der Waals surface area (Å²) < 4.78 is 0. The lowest BCUT2D eigenvalue weighted by atomic mass is 10.0. The number of fused-ring (bicyclic) bond motifs is 1. The van der Waals surface area contributed by atoms with Crippen LogP contribution in [0.4, 0.5) is 17.1 Å². The summed E-state index contributed by atoms with van der Waals surface area (Å²) in [4.78, 5) is 17.4. The van der Waals surface area contributed by atoms with Crippen molar-refractivity contribution in [1.82, 2.24) is 5.01 Å². The Morgan fingerprint density at radius 3 is 2.03 bits per heavy atom. The highest BCUT2D eigenvalue weighted by Gasteiger charge is 2.32. The largest absolute Gasteiger partial charge is 0.378 e. The van der Waals surface area contributed by atoms with Gasteiger partial charge in [0, 0.05) is 45.3 Å². The first-order valence-electron chi connectivity index (χ1n) is 10.2. The van der Waals surface area contributed by atoms with Crippen LogP contribution in [-0.4, -0.2) is 45.3 Å². The number of nitrogens with one attached hydrogen (secondary N) is 1. The number of hydrazone groups is 1. The van der Waals surface area contributed by atoms with Crippen molar-refractivity contribution in [2.45, 2.75) is 6.17 Å². The Hall–Kier alpha value is -3.80. The molecule has 6 heteroatoms. The average molecular weight is 414 g/mol. The second-order valence-corrected chi connectivity index (χ2v) is 7.96. The average Bonchev–Trinajstić information content (AvgIpc) is 2.78. The fourth-order valence-electron chi connectivity index (χ4n) is 3.53. The lowest BCUT2D eigenvalue weighted by molar-refractivity contribution is 0.0691. The summed E-state index contributed by atoms with van der Waals surface area (Å²) in [5, 5.41) is 9.59. The number of carbonyl (C=O) groups excluding carboxylic acids is 1. The number of nitrogens with zero attached hydrogens (tertiary/aromatic N) is 4. The van der Waals surface area contributed by atoms with Gasteiger partial charge in [0.15, 0.2) is 6.17 Å². The number of hydrogen-bond acceptors (Lipinski definition) is 5. The molecule has 0 saturated heterocycles. The molecule has 0 fully saturated rings. The molecular formula is C25H27N5O. The van der Waals surface area contributed by atoms with Gasteiger partial charge in [-0.3, -0.25) is 4.79 Å². The molecule has 0 spiro atoms. The van der Waals surface area contributed by atoms with Crippen molar-refractivity contribution in [3.05, 3.63) is 89.5 Å². The molecule has 1 N–H and O–H groups in total. The van der Waals surface area contributed by atoms with Gasteiger partial charge in [0.05, 0.1) is 11.8 Å².